The van der Waals surface area contributed by atoms with Crippen molar-refractivity contribution in [2.24, 2.45) is 0 Å². The smallest absolute Gasteiger partial charge is 0.238 e. The molecular weight excluding hydrogens is 1750 g/mol. The molecule has 26 aromatic rings. The van der Waals surface area contributed by atoms with Crippen molar-refractivity contribution in [3.63, 3.8) is 0 Å². The second-order valence-corrected chi connectivity index (χ2v) is 36.1. The van der Waals surface area contributed by atoms with Crippen LogP contribution in [0.15, 0.2) is 476 Å². The third kappa shape index (κ3) is 13.7. The Morgan fingerprint density at radius 3 is 1.27 bits per heavy atom. The first-order chi connectivity index (χ1) is 69.9. The molecule has 29 rings (SSSR count). The third-order valence-electron chi connectivity index (χ3n) is 26.9. The van der Waals surface area contributed by atoms with Gasteiger partial charge in [0.1, 0.15) is 28.4 Å². The molecule has 0 spiro atoms. The Morgan fingerprint density at radius 1 is 0.255 bits per heavy atom. The Balaban J connectivity index is 0.000000106. The number of benzene rings is 18. The first kappa shape index (κ1) is 81.6. The lowest BCUT2D eigenvalue weighted by Crippen LogP contribution is -2.16. The van der Waals surface area contributed by atoms with Gasteiger partial charge >= 0.3 is 0 Å². The maximum atomic E-state index is 16.5. The Hall–Kier alpha value is -18.9. The predicted molar refractivity (Wildman–Crippen MR) is 572 cm³/mol. The number of fused-ring (bicyclic) bond motifs is 28. The molecule has 8 aromatic heterocycles. The molecule has 0 saturated carbocycles. The Bertz CT molecular complexity index is 9300. The molecule has 0 fully saturated rings. The van der Waals surface area contributed by atoms with Crippen molar-refractivity contribution in [3.05, 3.63) is 473 Å². The molecule has 141 heavy (non-hydrogen) atoms. The summed E-state index contributed by atoms with van der Waals surface area (Å²) in [6.45, 7) is 0. The van der Waals surface area contributed by atoms with E-state index in [1.54, 1.807) is 17.4 Å². The zero-order valence-electron chi connectivity index (χ0n) is 75.4. The molecule has 0 unspecified atom stereocenters. The standard InChI is InChI=1S/C43H27N5O.C41H26FN3.C41H24N4OS/c1-4-16-28(17-5-1)41-44-42(29-18-6-2-7-19-29)46-43(45-41)48-35-26-14-11-23-32(35)38-37(40-39(48)33-24-12-15-27-36(33)49-40)31-22-10-13-25-34(31)47(38)30-20-8-3-9-21-30;42-35-24-30(27-11-3-1-4-12-27)19-20-38(35)45-36-18-10-9-17-32(36)40-33-23-28-13-7-8-14-29(28)25-39(33)44(31-15-5-2-6-16-31)37-21-22-43-26-34(37)41(40)45;1-3-14-26(15-4-1)39-42-40(27-16-5-2-6-17-27)44-41(43-39)45-31-24-23-25-13-7-8-18-28(25)34(31)38-35(30-20-10-12-22-33(30)47-38)37-36(45)29-19-9-11-21-32(29)46-37/h1-27H;1-26H;1-24H. The normalized spacial score (nSPS) is 12.1. The van der Waals surface area contributed by atoms with Crippen LogP contribution in [0.1, 0.15) is 0 Å². The maximum Gasteiger partial charge on any atom is 0.238 e. The van der Waals surface area contributed by atoms with Crippen molar-refractivity contribution < 1.29 is 13.2 Å². The Labute approximate surface area is 812 Å². The first-order valence-corrected chi connectivity index (χ1v) is 47.7. The second-order valence-electron chi connectivity index (χ2n) is 35.1. The van der Waals surface area contributed by atoms with E-state index in [1.807, 2.05) is 213 Å². The summed E-state index contributed by atoms with van der Waals surface area (Å²) in [5.74, 6) is 4.73. The summed E-state index contributed by atoms with van der Waals surface area (Å²) in [5.41, 5.74) is 26.9. The van der Waals surface area contributed by atoms with Crippen LogP contribution < -0.4 is 14.7 Å². The number of rotatable bonds is 10. The molecule has 0 bridgehead atoms. The van der Waals surface area contributed by atoms with Gasteiger partial charge in [0.25, 0.3) is 0 Å². The molecule has 0 atom stereocenters. The molecule has 3 aliphatic heterocycles. The number of aromatic nitrogens is 9. The van der Waals surface area contributed by atoms with Gasteiger partial charge in [-0.1, -0.05) is 346 Å². The van der Waals surface area contributed by atoms with Crippen molar-refractivity contribution in [1.82, 2.24) is 44.0 Å². The lowest BCUT2D eigenvalue weighted by atomic mass is 9.96. The molecule has 0 radical (unpaired) electrons. The molecule has 16 heteroatoms. The van der Waals surface area contributed by atoms with E-state index in [2.05, 4.69) is 278 Å². The average Bonchev–Trinajstić information content (AvgIpc) is 1.55. The van der Waals surface area contributed by atoms with Crippen LogP contribution in [0.25, 0.3) is 210 Å². The van der Waals surface area contributed by atoms with Gasteiger partial charge in [-0.2, -0.15) is 19.9 Å². The zero-order valence-corrected chi connectivity index (χ0v) is 76.2. The van der Waals surface area contributed by atoms with E-state index in [0.29, 0.717) is 40.9 Å². The summed E-state index contributed by atoms with van der Waals surface area (Å²) >= 11 is 1.80. The highest BCUT2D eigenvalue weighted by Crippen LogP contribution is 2.62. The summed E-state index contributed by atoms with van der Waals surface area (Å²) in [6, 6.07) is 155. The molecule has 3 aliphatic rings. The molecule has 0 saturated heterocycles. The zero-order chi connectivity index (χ0) is 93.1. The van der Waals surface area contributed by atoms with Gasteiger partial charge in [-0.05, 0) is 142 Å². The van der Waals surface area contributed by atoms with Crippen LogP contribution in [0.3, 0.4) is 0 Å². The molecule has 0 N–H and O–H groups in total. The predicted octanol–water partition coefficient (Wildman–Crippen LogP) is 33.6. The monoisotopic (exact) mass is 1830 g/mol. The van der Waals surface area contributed by atoms with Crippen LogP contribution in [0.4, 0.5) is 56.1 Å². The maximum absolute atomic E-state index is 16.5. The summed E-state index contributed by atoms with van der Waals surface area (Å²) < 4.78 is 35.9. The van der Waals surface area contributed by atoms with Crippen molar-refractivity contribution >= 4 is 138 Å². The van der Waals surface area contributed by atoms with Gasteiger partial charge in [-0.15, -0.1) is 11.3 Å². The quantitative estimate of drug-likeness (QED) is 0.129. The minimum atomic E-state index is -0.284. The van der Waals surface area contributed by atoms with Gasteiger partial charge < -0.3 is 22.9 Å². The van der Waals surface area contributed by atoms with Gasteiger partial charge in [-0.3, -0.25) is 14.8 Å². The highest BCUT2D eigenvalue weighted by Gasteiger charge is 2.41. The van der Waals surface area contributed by atoms with Gasteiger partial charge in [0, 0.05) is 116 Å². The summed E-state index contributed by atoms with van der Waals surface area (Å²) in [5, 5.41) is 9.93. The van der Waals surface area contributed by atoms with E-state index < -0.39 is 0 Å². The summed E-state index contributed by atoms with van der Waals surface area (Å²) in [4.78, 5) is 43.4. The molecule has 662 valence electrons. The van der Waals surface area contributed by atoms with E-state index >= 15 is 4.39 Å². The average molecular weight is 1830 g/mol. The van der Waals surface area contributed by atoms with Crippen LogP contribution >= 0.6 is 11.3 Å². The molecule has 0 amide bonds. The molecule has 11 heterocycles. The van der Waals surface area contributed by atoms with Crippen molar-refractivity contribution in [2.75, 3.05) is 14.7 Å². The largest absolute Gasteiger partial charge is 0.454 e. The van der Waals surface area contributed by atoms with E-state index in [0.717, 1.165) is 201 Å². The molecule has 14 nitrogen and oxygen atoms in total. The number of nitrogens with zero attached hydrogens (tertiary/aromatic N) is 12. The summed E-state index contributed by atoms with van der Waals surface area (Å²) in [6.07, 6.45) is 3.75. The highest BCUT2D eigenvalue weighted by molar-refractivity contribution is 7.23. The molecule has 0 aliphatic carbocycles. The van der Waals surface area contributed by atoms with E-state index in [1.165, 1.54) is 20.3 Å². The number of pyridine rings is 1. The van der Waals surface area contributed by atoms with E-state index in [4.69, 9.17) is 38.7 Å². The minimum Gasteiger partial charge on any atom is -0.454 e. The minimum absolute atomic E-state index is 0.284. The topological polar surface area (TPSA) is 136 Å². The van der Waals surface area contributed by atoms with Crippen molar-refractivity contribution in [2.45, 2.75) is 0 Å². The SMILES string of the molecule is Fc1cc(-c2ccccc2)ccc1-n1c2c(c3ccccc31)-c1cc3ccccc3cc1N(c1ccccc1)c1ccncc1-2.c1ccc(-c2nc(-c3ccccc3)nc(N3c4ccc5ccccc5c4-c4sc5ccccc5c4-c4oc5ccccc5c43)n2)cc1.c1ccc(-c2nc(-c3ccccc3)nc(N3c4ccccc4-c4c(c5ccccc5n4-c4ccccc4)-c4oc5ccccc5c43)n2)cc1. The van der Waals surface area contributed by atoms with Crippen molar-refractivity contribution in [3.8, 4) is 135 Å². The highest BCUT2D eigenvalue weighted by atomic mass is 32.1. The molecular formula is C125H77FN12O2S. The van der Waals surface area contributed by atoms with Crippen LogP contribution in [0, 0.1) is 5.82 Å². The summed E-state index contributed by atoms with van der Waals surface area (Å²) in [7, 11) is 0. The number of thiophene rings is 1. The lowest BCUT2D eigenvalue weighted by Gasteiger charge is -2.27. The fourth-order valence-electron chi connectivity index (χ4n) is 20.7. The number of para-hydroxylation sites is 7. The van der Waals surface area contributed by atoms with Gasteiger partial charge in [0.05, 0.1) is 56.4 Å². The van der Waals surface area contributed by atoms with E-state index in [-0.39, 0.29) is 5.82 Å². The third-order valence-corrected chi connectivity index (χ3v) is 28.1. The van der Waals surface area contributed by atoms with Crippen LogP contribution in [-0.2, 0) is 0 Å². The van der Waals surface area contributed by atoms with Gasteiger partial charge in [0.15, 0.2) is 34.8 Å². The second kappa shape index (κ2) is 33.9. The van der Waals surface area contributed by atoms with E-state index in [9.17, 15) is 0 Å². The number of furan rings is 2. The van der Waals surface area contributed by atoms with Crippen LogP contribution in [-0.4, -0.2) is 44.0 Å². The number of halogens is 1. The lowest BCUT2D eigenvalue weighted by molar-refractivity contribution is 0.620. The van der Waals surface area contributed by atoms with Crippen molar-refractivity contribution in [1.29, 1.82) is 0 Å². The fraction of sp³-hybridized carbons (Fsp3) is 0. The fourth-order valence-corrected chi connectivity index (χ4v) is 22.0. The first-order valence-electron chi connectivity index (χ1n) is 46.9. The number of anilines is 9. The molecule has 18 aromatic carbocycles. The number of hydrogen-bond donors (Lipinski definition) is 0. The Morgan fingerprint density at radius 2 is 0.688 bits per heavy atom. The number of hydrogen-bond acceptors (Lipinski definition) is 13. The van der Waals surface area contributed by atoms with Gasteiger partial charge in [-0.25, -0.2) is 14.4 Å². The Kier molecular flexibility index (Phi) is 19.6. The van der Waals surface area contributed by atoms with Crippen LogP contribution in [0.2, 0.25) is 0 Å². The van der Waals surface area contributed by atoms with Gasteiger partial charge in [0.2, 0.25) is 11.9 Å². The van der Waals surface area contributed by atoms with Crippen LogP contribution in [0.5, 0.6) is 0 Å².